The van der Waals surface area contributed by atoms with Crippen molar-refractivity contribution in [2.24, 2.45) is 14.1 Å². The zero-order valence-corrected chi connectivity index (χ0v) is 17.6. The molecule has 1 saturated heterocycles. The molecular weight excluding hydrogens is 637 g/mol. The standard InChI is InChI=1S/C6H13N2.C5H8N2.2HI.Pt/c1-8-4-2-6(7)3-5-8;1-6-3-4-7(2)5-6;;;/h6-7H,2-5H2,1H3;3-4H,1-2H3;2*1H;/q-1;;;;+3/p-2. The number of likely N-dealkylation sites (tertiary alicyclic amines) is 1. The molecule has 1 N–H and O–H groups in total. The third-order valence-corrected chi connectivity index (χ3v) is 16.0. The molecule has 0 saturated carbocycles. The molecule has 0 aromatic carbocycles. The SMILES string of the molecule is CN1CCC([NH][Pt]([I])([I])=[c]2n(C)ccn2C)CC1. The summed E-state index contributed by atoms with van der Waals surface area (Å²) in [4.78, 5) is 2.43. The van der Waals surface area contributed by atoms with Gasteiger partial charge in [-0.2, -0.15) is 0 Å². The van der Waals surface area contributed by atoms with E-state index in [9.17, 15) is 0 Å². The number of halogens is 2. The van der Waals surface area contributed by atoms with E-state index < -0.39 is 8.49 Å². The summed E-state index contributed by atoms with van der Waals surface area (Å²) in [5.41, 5.74) is 0. The molecule has 18 heavy (non-hydrogen) atoms. The number of hydrogen-bond donors (Lipinski definition) is 1. The van der Waals surface area contributed by atoms with Gasteiger partial charge in [-0.05, 0) is 0 Å². The van der Waals surface area contributed by atoms with Gasteiger partial charge in [0.05, 0.1) is 0 Å². The number of piperidine rings is 1. The number of nitrogens with zero attached hydrogens (tertiary/aromatic N) is 3. The van der Waals surface area contributed by atoms with Crippen LogP contribution >= 0.6 is 38.7 Å². The van der Waals surface area contributed by atoms with Crippen molar-refractivity contribution in [1.82, 2.24) is 17.9 Å². The number of rotatable bonds is 2. The molecule has 2 heterocycles. The summed E-state index contributed by atoms with van der Waals surface area (Å²) in [6.07, 6.45) is 6.87. The summed E-state index contributed by atoms with van der Waals surface area (Å²) in [6.45, 7) is 2.45. The Bertz CT molecular complexity index is 471. The molecule has 0 unspecified atom stereocenters. The first-order valence-electron chi connectivity index (χ1n) is 5.93. The van der Waals surface area contributed by atoms with E-state index in [0.717, 1.165) is 0 Å². The fourth-order valence-corrected chi connectivity index (χ4v) is 19.1. The van der Waals surface area contributed by atoms with Gasteiger partial charge in [0.25, 0.3) is 0 Å². The van der Waals surface area contributed by atoms with Crippen LogP contribution in [-0.2, 0) is 22.6 Å². The Morgan fingerprint density at radius 1 is 1.11 bits per heavy atom. The Morgan fingerprint density at radius 3 is 2.11 bits per heavy atom. The summed E-state index contributed by atoms with van der Waals surface area (Å²) in [5.74, 6) is 0. The summed E-state index contributed by atoms with van der Waals surface area (Å²) in [7, 11) is 4.42. The molecule has 0 atom stereocenters. The third kappa shape index (κ3) is 3.68. The molecule has 0 amide bonds. The van der Waals surface area contributed by atoms with Gasteiger partial charge < -0.3 is 0 Å². The average molecular weight is 658 g/mol. The second kappa shape index (κ2) is 6.37. The normalized spacial score (nSPS) is 20.3. The van der Waals surface area contributed by atoms with Crippen LogP contribution in [-0.4, -0.2) is 40.2 Å². The van der Waals surface area contributed by atoms with E-state index in [0.29, 0.717) is 6.04 Å². The summed E-state index contributed by atoms with van der Waals surface area (Å²) < 4.78 is 10.0. The van der Waals surface area contributed by atoms with Gasteiger partial charge in [0.1, 0.15) is 0 Å². The molecular formula is C11H21I2N4Pt. The van der Waals surface area contributed by atoms with Crippen molar-refractivity contribution in [2.45, 2.75) is 18.9 Å². The van der Waals surface area contributed by atoms with Crippen LogP contribution < -0.4 is 3.88 Å². The zero-order valence-electron chi connectivity index (χ0n) is 11.0. The van der Waals surface area contributed by atoms with E-state index in [4.69, 9.17) is 0 Å². The monoisotopic (exact) mass is 658 g/mol. The van der Waals surface area contributed by atoms with Crippen molar-refractivity contribution in [1.29, 1.82) is 0 Å². The van der Waals surface area contributed by atoms with Crippen LogP contribution in [0.5, 0.6) is 0 Å². The van der Waals surface area contributed by atoms with Gasteiger partial charge in [-0.1, -0.05) is 0 Å². The van der Waals surface area contributed by atoms with E-state index in [1.807, 2.05) is 0 Å². The Morgan fingerprint density at radius 2 is 1.61 bits per heavy atom. The number of imidazole rings is 1. The predicted molar refractivity (Wildman–Crippen MR) is 89.3 cm³/mol. The molecule has 0 bridgehead atoms. The van der Waals surface area contributed by atoms with E-state index in [1.54, 1.807) is 0 Å². The summed E-state index contributed by atoms with van der Waals surface area (Å²) in [6, 6.07) is 0.696. The number of aryl methyl sites for hydroxylation is 2. The summed E-state index contributed by atoms with van der Waals surface area (Å²) >= 11 is 5.40. The molecule has 1 fully saturated rings. The van der Waals surface area contributed by atoms with Crippen LogP contribution in [0.15, 0.2) is 12.4 Å². The molecule has 0 aliphatic carbocycles. The van der Waals surface area contributed by atoms with Crippen molar-refractivity contribution in [3.05, 3.63) is 16.2 Å². The molecule has 2 rings (SSSR count). The van der Waals surface area contributed by atoms with E-state index in [1.165, 1.54) is 29.7 Å². The van der Waals surface area contributed by atoms with Gasteiger partial charge in [-0.3, -0.25) is 0 Å². The molecule has 0 radical (unpaired) electrons. The van der Waals surface area contributed by atoms with Gasteiger partial charge in [0, 0.05) is 0 Å². The quantitative estimate of drug-likeness (QED) is 0.495. The zero-order chi connectivity index (χ0) is 13.3. The Kier molecular flexibility index (Phi) is 5.54. The number of aromatic nitrogens is 2. The average Bonchev–Trinajstić information content (AvgIpc) is 2.62. The molecule has 7 heteroatoms. The first kappa shape index (κ1) is 15.7. The third-order valence-electron chi connectivity index (χ3n) is 3.19. The van der Waals surface area contributed by atoms with E-state index in [-0.39, 0.29) is 0 Å². The van der Waals surface area contributed by atoms with Crippen LogP contribution in [0.1, 0.15) is 12.8 Å². The van der Waals surface area contributed by atoms with Crippen LogP contribution in [0, 0.1) is 3.80 Å². The molecule has 0 spiro atoms. The van der Waals surface area contributed by atoms with Crippen molar-refractivity contribution in [3.63, 3.8) is 0 Å². The Hall–Kier alpha value is 1.28. The first-order chi connectivity index (χ1) is 8.40. The van der Waals surface area contributed by atoms with Gasteiger partial charge in [-0.15, -0.1) is 0 Å². The number of hydrogen-bond acceptors (Lipinski definition) is 2. The molecule has 109 valence electrons. The van der Waals surface area contributed by atoms with Crippen molar-refractivity contribution >= 4 is 38.7 Å². The Labute approximate surface area is 133 Å². The predicted octanol–water partition coefficient (Wildman–Crippen LogP) is 2.35. The van der Waals surface area contributed by atoms with Crippen molar-refractivity contribution in [3.8, 4) is 0 Å². The molecule has 1 aliphatic heterocycles. The Balaban J connectivity index is 2.25. The first-order valence-corrected chi connectivity index (χ1v) is 21.1. The van der Waals surface area contributed by atoms with Gasteiger partial charge in [0.15, 0.2) is 0 Å². The van der Waals surface area contributed by atoms with Gasteiger partial charge >= 0.3 is 134 Å². The fraction of sp³-hybridized carbons (Fsp3) is 0.727. The number of nitrogens with one attached hydrogen (secondary N) is 1. The summed E-state index contributed by atoms with van der Waals surface area (Å²) in [5, 5.41) is 0. The molecule has 4 nitrogen and oxygen atoms in total. The van der Waals surface area contributed by atoms with Gasteiger partial charge in [-0.25, -0.2) is 0 Å². The van der Waals surface area contributed by atoms with E-state index >= 15 is 0 Å². The van der Waals surface area contributed by atoms with Crippen LogP contribution in [0.3, 0.4) is 0 Å². The second-order valence-corrected chi connectivity index (χ2v) is 36.5. The topological polar surface area (TPSA) is 25.1 Å². The maximum atomic E-state index is 3.99. The molecule has 1 aliphatic rings. The molecule has 1 aromatic heterocycles. The fourth-order valence-electron chi connectivity index (χ4n) is 2.15. The second-order valence-electron chi connectivity index (χ2n) is 4.79. The van der Waals surface area contributed by atoms with Crippen LogP contribution in [0.2, 0.25) is 0 Å². The van der Waals surface area contributed by atoms with Crippen LogP contribution in [0.25, 0.3) is 0 Å². The maximum absolute atomic E-state index is 3.99. The van der Waals surface area contributed by atoms with Gasteiger partial charge in [0.2, 0.25) is 0 Å². The minimum absolute atomic E-state index is 0.696. The van der Waals surface area contributed by atoms with E-state index in [2.05, 4.69) is 90.2 Å². The van der Waals surface area contributed by atoms with Crippen LogP contribution in [0.4, 0.5) is 0 Å². The minimum atomic E-state index is -2.10. The van der Waals surface area contributed by atoms with Crippen molar-refractivity contribution < 1.29 is 8.49 Å². The van der Waals surface area contributed by atoms with Crippen molar-refractivity contribution in [2.75, 3.05) is 20.1 Å². The molecule has 1 aromatic rings.